The molecule has 1 amide bonds. The van der Waals surface area contributed by atoms with Crippen molar-refractivity contribution in [3.05, 3.63) is 48.2 Å². The highest BCUT2D eigenvalue weighted by atomic mass is 19.4. The quantitative estimate of drug-likeness (QED) is 0.701. The van der Waals surface area contributed by atoms with Crippen LogP contribution in [-0.4, -0.2) is 41.0 Å². The predicted octanol–water partition coefficient (Wildman–Crippen LogP) is 5.11. The number of nitrogens with zero attached hydrogens (tertiary/aromatic N) is 2. The van der Waals surface area contributed by atoms with Crippen LogP contribution in [0.25, 0.3) is 0 Å². The monoisotopic (exact) mass is 410 g/mol. The summed E-state index contributed by atoms with van der Waals surface area (Å²) >= 11 is 0. The zero-order valence-electron chi connectivity index (χ0n) is 16.2. The molecule has 0 N–H and O–H groups in total. The Morgan fingerprint density at radius 1 is 1.03 bits per heavy atom. The first kappa shape index (κ1) is 20.8. The highest BCUT2D eigenvalue weighted by Crippen LogP contribution is 2.30. The Hall–Kier alpha value is -2.97. The minimum Gasteiger partial charge on any atom is -0.444 e. The van der Waals surface area contributed by atoms with E-state index in [1.807, 2.05) is 26.8 Å². The van der Waals surface area contributed by atoms with Crippen molar-refractivity contribution in [3.63, 3.8) is 0 Å². The van der Waals surface area contributed by atoms with Crippen LogP contribution in [0.1, 0.15) is 32.3 Å². The van der Waals surface area contributed by atoms with Gasteiger partial charge in [0.2, 0.25) is 5.88 Å². The fourth-order valence-electron chi connectivity index (χ4n) is 2.69. The van der Waals surface area contributed by atoms with E-state index in [1.54, 1.807) is 17.2 Å². The average Bonchev–Trinajstić information content (AvgIpc) is 2.54. The molecular formula is C20H21F3N2O4. The maximum atomic E-state index is 12.2. The molecule has 6 nitrogen and oxygen atoms in total. The Morgan fingerprint density at radius 3 is 2.17 bits per heavy atom. The van der Waals surface area contributed by atoms with E-state index in [-0.39, 0.29) is 17.8 Å². The van der Waals surface area contributed by atoms with Gasteiger partial charge in [-0.1, -0.05) is 6.07 Å². The van der Waals surface area contributed by atoms with E-state index in [9.17, 15) is 18.0 Å². The number of hydrogen-bond donors (Lipinski definition) is 0. The summed E-state index contributed by atoms with van der Waals surface area (Å²) in [4.78, 5) is 17.8. The van der Waals surface area contributed by atoms with Gasteiger partial charge < -0.3 is 19.1 Å². The Kier molecular flexibility index (Phi) is 5.59. The molecule has 9 heteroatoms. The van der Waals surface area contributed by atoms with Gasteiger partial charge in [-0.15, -0.1) is 13.2 Å². The molecule has 29 heavy (non-hydrogen) atoms. The number of pyridine rings is 1. The summed E-state index contributed by atoms with van der Waals surface area (Å²) in [6.07, 6.45) is -3.41. The van der Waals surface area contributed by atoms with Crippen molar-refractivity contribution in [1.82, 2.24) is 9.88 Å². The molecule has 0 bridgehead atoms. The number of halogens is 3. The summed E-state index contributed by atoms with van der Waals surface area (Å²) < 4.78 is 51.2. The number of hydrogen-bond acceptors (Lipinski definition) is 5. The molecule has 156 valence electrons. The van der Waals surface area contributed by atoms with Crippen molar-refractivity contribution in [1.29, 1.82) is 0 Å². The summed E-state index contributed by atoms with van der Waals surface area (Å²) in [5.74, 6) is 0.483. The fraction of sp³-hybridized carbons (Fsp3) is 0.400. The molecular weight excluding hydrogens is 389 g/mol. The van der Waals surface area contributed by atoms with Crippen LogP contribution < -0.4 is 9.47 Å². The molecule has 2 aromatic rings. The molecule has 0 atom stereocenters. The van der Waals surface area contributed by atoms with Crippen molar-refractivity contribution in [2.24, 2.45) is 0 Å². The van der Waals surface area contributed by atoms with E-state index in [2.05, 4.69) is 9.72 Å². The first-order valence-electron chi connectivity index (χ1n) is 8.96. The van der Waals surface area contributed by atoms with Crippen LogP contribution in [0.15, 0.2) is 42.6 Å². The lowest BCUT2D eigenvalue weighted by atomic mass is 9.93. The first-order valence-corrected chi connectivity index (χ1v) is 8.96. The summed E-state index contributed by atoms with van der Waals surface area (Å²) in [7, 11) is 0. The molecule has 2 heterocycles. The molecule has 1 aliphatic rings. The number of carbonyl (C=O) groups excluding carboxylic acids is 1. The van der Waals surface area contributed by atoms with Gasteiger partial charge in [0, 0.05) is 31.3 Å². The number of alkyl halides is 3. The maximum Gasteiger partial charge on any atom is 0.573 e. The fourth-order valence-corrected chi connectivity index (χ4v) is 2.69. The lowest BCUT2D eigenvalue weighted by molar-refractivity contribution is -0.274. The second-order valence-electron chi connectivity index (χ2n) is 7.63. The molecule has 1 saturated heterocycles. The van der Waals surface area contributed by atoms with E-state index in [1.165, 1.54) is 12.1 Å². The highest BCUT2D eigenvalue weighted by Gasteiger charge is 2.34. The third-order valence-electron chi connectivity index (χ3n) is 4.04. The summed E-state index contributed by atoms with van der Waals surface area (Å²) in [5, 5.41) is 0. The summed E-state index contributed by atoms with van der Waals surface area (Å²) in [5.41, 5.74) is 0.436. The second-order valence-corrected chi connectivity index (χ2v) is 7.63. The second kappa shape index (κ2) is 7.81. The number of likely N-dealkylation sites (tertiary alicyclic amines) is 1. The van der Waals surface area contributed by atoms with Crippen molar-refractivity contribution in [2.45, 2.75) is 38.7 Å². The van der Waals surface area contributed by atoms with E-state index in [0.717, 1.165) is 17.7 Å². The van der Waals surface area contributed by atoms with Crippen LogP contribution in [0.2, 0.25) is 0 Å². The van der Waals surface area contributed by atoms with Crippen molar-refractivity contribution >= 4 is 6.09 Å². The van der Waals surface area contributed by atoms with Gasteiger partial charge in [-0.05, 0) is 50.6 Å². The molecule has 1 aliphatic heterocycles. The predicted molar refractivity (Wildman–Crippen MR) is 98.0 cm³/mol. The number of aromatic nitrogens is 1. The molecule has 1 aromatic heterocycles. The Bertz CT molecular complexity index is 840. The zero-order valence-corrected chi connectivity index (χ0v) is 16.2. The average molecular weight is 410 g/mol. The van der Waals surface area contributed by atoms with Crippen LogP contribution in [-0.2, 0) is 4.74 Å². The minimum atomic E-state index is -4.74. The summed E-state index contributed by atoms with van der Waals surface area (Å²) in [6, 6.07) is 8.57. The van der Waals surface area contributed by atoms with Gasteiger partial charge in [0.05, 0.1) is 0 Å². The van der Waals surface area contributed by atoms with Crippen LogP contribution in [0.5, 0.6) is 17.4 Å². The van der Waals surface area contributed by atoms with Gasteiger partial charge in [-0.25, -0.2) is 9.78 Å². The van der Waals surface area contributed by atoms with Gasteiger partial charge in [0.15, 0.2) is 0 Å². The summed E-state index contributed by atoms with van der Waals surface area (Å²) in [6.45, 7) is 6.57. The normalized spacial score (nSPS) is 14.9. The number of carbonyl (C=O) groups is 1. The number of amides is 1. The van der Waals surface area contributed by atoms with Gasteiger partial charge in [0.25, 0.3) is 0 Å². The zero-order chi connectivity index (χ0) is 21.2. The highest BCUT2D eigenvalue weighted by molar-refractivity contribution is 5.69. The molecule has 1 fully saturated rings. The largest absolute Gasteiger partial charge is 0.573 e. The lowest BCUT2D eigenvalue weighted by Gasteiger charge is -2.39. The molecule has 3 rings (SSSR count). The van der Waals surface area contributed by atoms with Crippen LogP contribution in [0.3, 0.4) is 0 Å². The molecule has 1 aromatic carbocycles. The standard InChI is InChI=1S/C20H21F3N2O4/c1-19(2,3)29-18(26)25-11-14(12-25)13-4-9-17(24-10-13)27-15-5-7-16(8-6-15)28-20(21,22)23/h4-10,14H,11-12H2,1-3H3. The molecule has 0 saturated carbocycles. The molecule has 0 radical (unpaired) electrons. The van der Waals surface area contributed by atoms with E-state index >= 15 is 0 Å². The Morgan fingerprint density at radius 2 is 1.66 bits per heavy atom. The van der Waals surface area contributed by atoms with E-state index in [4.69, 9.17) is 9.47 Å². The Labute approximate surface area is 166 Å². The van der Waals surface area contributed by atoms with E-state index < -0.39 is 12.0 Å². The van der Waals surface area contributed by atoms with Gasteiger partial charge in [0.1, 0.15) is 17.1 Å². The van der Waals surface area contributed by atoms with Crippen LogP contribution in [0, 0.1) is 0 Å². The maximum absolute atomic E-state index is 12.2. The molecule has 0 spiro atoms. The minimum absolute atomic E-state index is 0.169. The molecule has 0 aliphatic carbocycles. The van der Waals surface area contributed by atoms with Gasteiger partial charge in [-0.2, -0.15) is 0 Å². The van der Waals surface area contributed by atoms with Gasteiger partial charge in [-0.3, -0.25) is 0 Å². The number of rotatable bonds is 4. The van der Waals surface area contributed by atoms with Crippen molar-refractivity contribution < 1.29 is 32.2 Å². The van der Waals surface area contributed by atoms with E-state index in [0.29, 0.717) is 24.7 Å². The lowest BCUT2D eigenvalue weighted by Crippen LogP contribution is -2.50. The van der Waals surface area contributed by atoms with Crippen LogP contribution in [0.4, 0.5) is 18.0 Å². The first-order chi connectivity index (χ1) is 13.5. The van der Waals surface area contributed by atoms with Crippen molar-refractivity contribution in [2.75, 3.05) is 13.1 Å². The third kappa shape index (κ3) is 6.00. The smallest absolute Gasteiger partial charge is 0.444 e. The Balaban J connectivity index is 1.52. The van der Waals surface area contributed by atoms with Gasteiger partial charge >= 0.3 is 12.5 Å². The third-order valence-corrected chi connectivity index (χ3v) is 4.04. The van der Waals surface area contributed by atoms with Crippen LogP contribution >= 0.6 is 0 Å². The van der Waals surface area contributed by atoms with Crippen molar-refractivity contribution in [3.8, 4) is 17.4 Å². The topological polar surface area (TPSA) is 60.9 Å². The molecule has 0 unspecified atom stereocenters. The number of benzene rings is 1. The number of ether oxygens (including phenoxy) is 3. The SMILES string of the molecule is CC(C)(C)OC(=O)N1CC(c2ccc(Oc3ccc(OC(F)(F)F)cc3)nc2)C1.